The van der Waals surface area contributed by atoms with Crippen molar-refractivity contribution in [2.75, 3.05) is 13.7 Å². The monoisotopic (exact) mass is 199 g/mol. The van der Waals surface area contributed by atoms with Crippen molar-refractivity contribution in [1.82, 2.24) is 5.32 Å². The van der Waals surface area contributed by atoms with E-state index in [1.54, 1.807) is 0 Å². The van der Waals surface area contributed by atoms with E-state index >= 15 is 0 Å². The van der Waals surface area contributed by atoms with Crippen LogP contribution in [0.4, 0.5) is 0 Å². The molecule has 0 radical (unpaired) electrons. The fourth-order valence-electron chi connectivity index (χ4n) is 2.22. The van der Waals surface area contributed by atoms with Crippen molar-refractivity contribution in [3.63, 3.8) is 0 Å². The van der Waals surface area contributed by atoms with Gasteiger partial charge in [-0.15, -0.1) is 0 Å². The van der Waals surface area contributed by atoms with Gasteiger partial charge in [-0.1, -0.05) is 13.8 Å². The predicted molar refractivity (Wildman–Crippen MR) is 60.6 cm³/mol. The molecule has 0 spiro atoms. The molecule has 1 N–H and O–H groups in total. The van der Waals surface area contributed by atoms with E-state index in [0.717, 1.165) is 6.54 Å². The molecule has 1 atom stereocenters. The van der Waals surface area contributed by atoms with E-state index < -0.39 is 0 Å². The van der Waals surface area contributed by atoms with Gasteiger partial charge in [-0.25, -0.2) is 0 Å². The third-order valence-electron chi connectivity index (χ3n) is 3.49. The van der Waals surface area contributed by atoms with Crippen molar-refractivity contribution in [3.05, 3.63) is 0 Å². The van der Waals surface area contributed by atoms with Crippen LogP contribution in [0.15, 0.2) is 0 Å². The summed E-state index contributed by atoms with van der Waals surface area (Å²) < 4.78 is 5.65. The van der Waals surface area contributed by atoms with Crippen LogP contribution in [0, 0.1) is 0 Å². The second kappa shape index (κ2) is 5.72. The Balaban J connectivity index is 2.30. The van der Waals surface area contributed by atoms with Gasteiger partial charge >= 0.3 is 0 Å². The van der Waals surface area contributed by atoms with Crippen molar-refractivity contribution in [2.45, 2.75) is 64.0 Å². The van der Waals surface area contributed by atoms with Gasteiger partial charge in [-0.2, -0.15) is 0 Å². The smallest absolute Gasteiger partial charge is 0.0693 e. The van der Waals surface area contributed by atoms with E-state index in [9.17, 15) is 0 Å². The molecular formula is C12H25NO. The Morgan fingerprint density at radius 1 is 1.36 bits per heavy atom. The lowest BCUT2D eigenvalue weighted by molar-refractivity contribution is -0.0836. The maximum Gasteiger partial charge on any atom is 0.0693 e. The average Bonchev–Trinajstić information content (AvgIpc) is 2.16. The number of rotatable bonds is 7. The zero-order valence-corrected chi connectivity index (χ0v) is 9.94. The molecule has 0 aromatic carbocycles. The average molecular weight is 199 g/mol. The minimum Gasteiger partial charge on any atom is -0.378 e. The molecule has 1 rings (SSSR count). The summed E-state index contributed by atoms with van der Waals surface area (Å²) >= 11 is 0. The van der Waals surface area contributed by atoms with Crippen LogP contribution in [0.1, 0.15) is 52.4 Å². The molecule has 14 heavy (non-hydrogen) atoms. The van der Waals surface area contributed by atoms with Crippen molar-refractivity contribution in [3.8, 4) is 0 Å². The van der Waals surface area contributed by atoms with E-state index in [4.69, 9.17) is 4.74 Å². The number of methoxy groups -OCH3 is 1. The first-order chi connectivity index (χ1) is 6.76. The Morgan fingerprint density at radius 3 is 2.43 bits per heavy atom. The molecule has 1 aliphatic rings. The first-order valence-electron chi connectivity index (χ1n) is 6.05. The first kappa shape index (κ1) is 12.0. The van der Waals surface area contributed by atoms with Gasteiger partial charge in [0.05, 0.1) is 5.60 Å². The Bertz CT molecular complexity index is 149. The minimum absolute atomic E-state index is 0.224. The maximum atomic E-state index is 5.65. The zero-order valence-electron chi connectivity index (χ0n) is 9.94. The van der Waals surface area contributed by atoms with Gasteiger partial charge in [0, 0.05) is 13.2 Å². The molecule has 1 aliphatic carbocycles. The number of hydrogen-bond donors (Lipinski definition) is 1. The lowest BCUT2D eigenvalue weighted by atomic mass is 9.75. The van der Waals surface area contributed by atoms with Gasteiger partial charge in [0.15, 0.2) is 0 Å². The minimum atomic E-state index is 0.224. The van der Waals surface area contributed by atoms with Crippen LogP contribution in [0.2, 0.25) is 0 Å². The number of hydrogen-bond acceptors (Lipinski definition) is 2. The Morgan fingerprint density at radius 2 is 2.07 bits per heavy atom. The normalized spacial score (nSPS) is 21.6. The molecule has 84 valence electrons. The molecular weight excluding hydrogens is 174 g/mol. The van der Waals surface area contributed by atoms with E-state index in [2.05, 4.69) is 19.2 Å². The SMILES string of the molecule is CCCNC(CC)CC1(OC)CCC1. The lowest BCUT2D eigenvalue weighted by Gasteiger charge is -2.43. The molecule has 0 aromatic rings. The Labute approximate surface area is 88.4 Å². The highest BCUT2D eigenvalue weighted by atomic mass is 16.5. The number of ether oxygens (including phenoxy) is 1. The third kappa shape index (κ3) is 2.96. The summed E-state index contributed by atoms with van der Waals surface area (Å²) in [6.45, 7) is 5.61. The zero-order chi connectivity index (χ0) is 10.4. The molecule has 0 amide bonds. The molecule has 1 unspecified atom stereocenters. The van der Waals surface area contributed by atoms with Gasteiger partial charge in [-0.05, 0) is 45.1 Å². The third-order valence-corrected chi connectivity index (χ3v) is 3.49. The second-order valence-corrected chi connectivity index (χ2v) is 4.50. The molecule has 0 aromatic heterocycles. The van der Waals surface area contributed by atoms with E-state index in [-0.39, 0.29) is 5.60 Å². The molecule has 0 bridgehead atoms. The lowest BCUT2D eigenvalue weighted by Crippen LogP contribution is -2.45. The van der Waals surface area contributed by atoms with E-state index in [1.807, 2.05) is 7.11 Å². The molecule has 0 saturated heterocycles. The van der Waals surface area contributed by atoms with Crippen LogP contribution >= 0.6 is 0 Å². The molecule has 1 saturated carbocycles. The van der Waals surface area contributed by atoms with Gasteiger partial charge < -0.3 is 10.1 Å². The largest absolute Gasteiger partial charge is 0.378 e. The quantitative estimate of drug-likeness (QED) is 0.680. The predicted octanol–water partition coefficient (Wildman–Crippen LogP) is 2.72. The van der Waals surface area contributed by atoms with Gasteiger partial charge in [0.1, 0.15) is 0 Å². The molecule has 2 heteroatoms. The summed E-state index contributed by atoms with van der Waals surface area (Å²) in [6.07, 6.45) is 7.49. The van der Waals surface area contributed by atoms with Crippen LogP contribution in [0.25, 0.3) is 0 Å². The number of nitrogens with one attached hydrogen (secondary N) is 1. The molecule has 0 heterocycles. The first-order valence-corrected chi connectivity index (χ1v) is 6.05. The van der Waals surface area contributed by atoms with Gasteiger partial charge in [0.2, 0.25) is 0 Å². The summed E-state index contributed by atoms with van der Waals surface area (Å²) in [6, 6.07) is 0.648. The van der Waals surface area contributed by atoms with E-state index in [0.29, 0.717) is 6.04 Å². The summed E-state index contributed by atoms with van der Waals surface area (Å²) in [5.41, 5.74) is 0.224. The highest BCUT2D eigenvalue weighted by Gasteiger charge is 2.38. The van der Waals surface area contributed by atoms with Crippen molar-refractivity contribution in [1.29, 1.82) is 0 Å². The van der Waals surface area contributed by atoms with Crippen LogP contribution in [0.3, 0.4) is 0 Å². The van der Waals surface area contributed by atoms with Crippen LogP contribution in [-0.4, -0.2) is 25.3 Å². The summed E-state index contributed by atoms with van der Waals surface area (Å²) in [7, 11) is 1.87. The second-order valence-electron chi connectivity index (χ2n) is 4.50. The Hall–Kier alpha value is -0.0800. The van der Waals surface area contributed by atoms with Crippen LogP contribution in [-0.2, 0) is 4.74 Å². The fraction of sp³-hybridized carbons (Fsp3) is 1.00. The maximum absolute atomic E-state index is 5.65. The van der Waals surface area contributed by atoms with Crippen molar-refractivity contribution in [2.24, 2.45) is 0 Å². The molecule has 2 nitrogen and oxygen atoms in total. The topological polar surface area (TPSA) is 21.3 Å². The highest BCUT2D eigenvalue weighted by molar-refractivity contribution is 4.92. The standard InChI is InChI=1S/C12H25NO/c1-4-9-13-11(5-2)10-12(14-3)7-6-8-12/h11,13H,4-10H2,1-3H3. The summed E-state index contributed by atoms with van der Waals surface area (Å²) in [5.74, 6) is 0. The summed E-state index contributed by atoms with van der Waals surface area (Å²) in [5, 5.41) is 3.60. The molecule has 1 fully saturated rings. The van der Waals surface area contributed by atoms with Crippen LogP contribution < -0.4 is 5.32 Å². The molecule has 0 aliphatic heterocycles. The van der Waals surface area contributed by atoms with Gasteiger partial charge in [-0.3, -0.25) is 0 Å². The van der Waals surface area contributed by atoms with Crippen molar-refractivity contribution < 1.29 is 4.74 Å². The van der Waals surface area contributed by atoms with E-state index in [1.165, 1.54) is 38.5 Å². The van der Waals surface area contributed by atoms with Gasteiger partial charge in [0.25, 0.3) is 0 Å². The summed E-state index contributed by atoms with van der Waals surface area (Å²) in [4.78, 5) is 0. The highest BCUT2D eigenvalue weighted by Crippen LogP contribution is 2.39. The fourth-order valence-corrected chi connectivity index (χ4v) is 2.22. The Kier molecular flexibility index (Phi) is 4.90. The van der Waals surface area contributed by atoms with Crippen LogP contribution in [0.5, 0.6) is 0 Å². The van der Waals surface area contributed by atoms with Crippen molar-refractivity contribution >= 4 is 0 Å².